The highest BCUT2D eigenvalue weighted by Crippen LogP contribution is 2.10. The van der Waals surface area contributed by atoms with Crippen LogP contribution < -0.4 is 5.32 Å². The number of hydrogen-bond acceptors (Lipinski definition) is 3. The molecule has 1 rings (SSSR count). The van der Waals surface area contributed by atoms with Gasteiger partial charge in [0.25, 0.3) is 0 Å². The Morgan fingerprint density at radius 3 is 2.76 bits per heavy atom. The molecule has 1 N–H and O–H groups in total. The maximum Gasteiger partial charge on any atom is 0.138 e. The van der Waals surface area contributed by atoms with Gasteiger partial charge in [-0.25, -0.2) is 9.67 Å². The highest BCUT2D eigenvalue weighted by Gasteiger charge is 2.09. The van der Waals surface area contributed by atoms with E-state index in [1.54, 1.807) is 6.33 Å². The summed E-state index contributed by atoms with van der Waals surface area (Å²) in [6, 6.07) is 0.404. The number of aromatic nitrogens is 3. The molecule has 4 heteroatoms. The van der Waals surface area contributed by atoms with Crippen LogP contribution in [0.1, 0.15) is 52.4 Å². The maximum atomic E-state index is 4.34. The van der Waals surface area contributed by atoms with Crippen molar-refractivity contribution < 1.29 is 0 Å². The summed E-state index contributed by atoms with van der Waals surface area (Å²) >= 11 is 0. The Hall–Kier alpha value is -0.900. The second kappa shape index (κ2) is 7.43. The van der Waals surface area contributed by atoms with Crippen LogP contribution in [0.2, 0.25) is 0 Å². The second-order valence-corrected chi connectivity index (χ2v) is 5.06. The molecule has 0 amide bonds. The molecule has 4 nitrogen and oxygen atoms in total. The highest BCUT2D eigenvalue weighted by atomic mass is 15.3. The normalized spacial score (nSPS) is 13.2. The zero-order valence-corrected chi connectivity index (χ0v) is 11.6. The third-order valence-corrected chi connectivity index (χ3v) is 2.92. The molecule has 1 heterocycles. The van der Waals surface area contributed by atoms with E-state index in [2.05, 4.69) is 43.1 Å². The van der Waals surface area contributed by atoms with E-state index in [4.69, 9.17) is 0 Å². The first-order valence-corrected chi connectivity index (χ1v) is 6.74. The van der Waals surface area contributed by atoms with Crippen LogP contribution in [0.5, 0.6) is 0 Å². The smallest absolute Gasteiger partial charge is 0.138 e. The number of nitrogens with one attached hydrogen (secondary N) is 1. The zero-order valence-electron chi connectivity index (χ0n) is 11.6. The first-order valence-electron chi connectivity index (χ1n) is 6.74. The summed E-state index contributed by atoms with van der Waals surface area (Å²) in [7, 11) is 0. The summed E-state index contributed by atoms with van der Waals surface area (Å²) in [4.78, 5) is 4.34. The molecule has 0 fully saturated rings. The summed E-state index contributed by atoms with van der Waals surface area (Å²) in [6.07, 6.45) is 5.05. The Balaban J connectivity index is 2.31. The molecule has 0 saturated heterocycles. The largest absolute Gasteiger partial charge is 0.316 e. The molecule has 1 aromatic rings. The average molecular weight is 238 g/mol. The predicted octanol–water partition coefficient (Wildman–Crippen LogP) is 2.43. The second-order valence-electron chi connectivity index (χ2n) is 5.06. The quantitative estimate of drug-likeness (QED) is 0.707. The summed E-state index contributed by atoms with van der Waals surface area (Å²) in [6.45, 7) is 11.0. The lowest BCUT2D eigenvalue weighted by atomic mass is 10.1. The van der Waals surface area contributed by atoms with Crippen molar-refractivity contribution in [2.45, 2.75) is 53.0 Å². The third kappa shape index (κ3) is 4.86. The zero-order chi connectivity index (χ0) is 12.7. The molecule has 1 atom stereocenters. The predicted molar refractivity (Wildman–Crippen MR) is 71.1 cm³/mol. The lowest BCUT2D eigenvalue weighted by Gasteiger charge is -2.13. The third-order valence-electron chi connectivity index (χ3n) is 2.92. The summed E-state index contributed by atoms with van der Waals surface area (Å²) in [5, 5.41) is 7.72. The molecule has 0 bridgehead atoms. The number of rotatable bonds is 8. The monoisotopic (exact) mass is 238 g/mol. The van der Waals surface area contributed by atoms with Crippen LogP contribution in [0.4, 0.5) is 0 Å². The van der Waals surface area contributed by atoms with E-state index in [0.717, 1.165) is 25.3 Å². The first kappa shape index (κ1) is 14.2. The minimum absolute atomic E-state index is 0.404. The van der Waals surface area contributed by atoms with Crippen molar-refractivity contribution in [1.29, 1.82) is 0 Å². The molecular weight excluding hydrogens is 212 g/mol. The van der Waals surface area contributed by atoms with Gasteiger partial charge >= 0.3 is 0 Å². The van der Waals surface area contributed by atoms with Gasteiger partial charge in [0.1, 0.15) is 12.2 Å². The topological polar surface area (TPSA) is 42.7 Å². The van der Waals surface area contributed by atoms with Crippen LogP contribution >= 0.6 is 0 Å². The van der Waals surface area contributed by atoms with E-state index in [0.29, 0.717) is 12.0 Å². The van der Waals surface area contributed by atoms with E-state index < -0.39 is 0 Å². The van der Waals surface area contributed by atoms with Gasteiger partial charge in [0.05, 0.1) is 0 Å². The molecule has 0 saturated carbocycles. The van der Waals surface area contributed by atoms with E-state index >= 15 is 0 Å². The fraction of sp³-hybridized carbons (Fsp3) is 0.846. The first-order chi connectivity index (χ1) is 8.15. The van der Waals surface area contributed by atoms with E-state index in [1.165, 1.54) is 12.8 Å². The van der Waals surface area contributed by atoms with Crippen LogP contribution in [0.25, 0.3) is 0 Å². The van der Waals surface area contributed by atoms with Gasteiger partial charge in [0.2, 0.25) is 0 Å². The van der Waals surface area contributed by atoms with Gasteiger partial charge in [-0.1, -0.05) is 13.8 Å². The van der Waals surface area contributed by atoms with Crippen molar-refractivity contribution >= 4 is 0 Å². The Morgan fingerprint density at radius 1 is 1.35 bits per heavy atom. The molecule has 0 aliphatic carbocycles. The van der Waals surface area contributed by atoms with Gasteiger partial charge in [0.15, 0.2) is 0 Å². The number of nitrogens with zero attached hydrogens (tertiary/aromatic N) is 3. The van der Waals surface area contributed by atoms with Crippen molar-refractivity contribution in [2.75, 3.05) is 13.1 Å². The van der Waals surface area contributed by atoms with Gasteiger partial charge in [-0.05, 0) is 45.7 Å². The molecule has 98 valence electrons. The lowest BCUT2D eigenvalue weighted by molar-refractivity contribution is 0.452. The number of hydrogen-bond donors (Lipinski definition) is 1. The molecule has 1 aromatic heterocycles. The molecule has 17 heavy (non-hydrogen) atoms. The van der Waals surface area contributed by atoms with Gasteiger partial charge in [0, 0.05) is 12.5 Å². The van der Waals surface area contributed by atoms with Crippen molar-refractivity contribution in [3.63, 3.8) is 0 Å². The molecule has 1 unspecified atom stereocenters. The molecule has 0 radical (unpaired) electrons. The van der Waals surface area contributed by atoms with Crippen molar-refractivity contribution in [3.8, 4) is 0 Å². The summed E-state index contributed by atoms with van der Waals surface area (Å²) in [5.41, 5.74) is 0. The van der Waals surface area contributed by atoms with Crippen molar-refractivity contribution in [3.05, 3.63) is 12.2 Å². The standard InChI is InChI=1S/C13H26N4/c1-5-8-14-9-12(4)6-7-13-15-10-16-17(13)11(2)3/h10-12,14H,5-9H2,1-4H3. The fourth-order valence-electron chi connectivity index (χ4n) is 1.89. The van der Waals surface area contributed by atoms with E-state index in [1.807, 2.05) is 4.68 Å². The van der Waals surface area contributed by atoms with Crippen LogP contribution in [0.15, 0.2) is 6.33 Å². The Bertz CT molecular complexity index is 306. The molecule has 0 spiro atoms. The Kier molecular flexibility index (Phi) is 6.19. The van der Waals surface area contributed by atoms with Gasteiger partial charge < -0.3 is 5.32 Å². The van der Waals surface area contributed by atoms with Crippen LogP contribution in [-0.2, 0) is 6.42 Å². The van der Waals surface area contributed by atoms with E-state index in [-0.39, 0.29) is 0 Å². The lowest BCUT2D eigenvalue weighted by Crippen LogP contribution is -2.22. The van der Waals surface area contributed by atoms with Gasteiger partial charge in [-0.3, -0.25) is 0 Å². The van der Waals surface area contributed by atoms with Crippen LogP contribution in [0, 0.1) is 5.92 Å². The van der Waals surface area contributed by atoms with Crippen LogP contribution in [-0.4, -0.2) is 27.9 Å². The maximum absolute atomic E-state index is 4.34. The van der Waals surface area contributed by atoms with E-state index in [9.17, 15) is 0 Å². The summed E-state index contributed by atoms with van der Waals surface area (Å²) in [5.74, 6) is 1.81. The fourth-order valence-corrected chi connectivity index (χ4v) is 1.89. The highest BCUT2D eigenvalue weighted by molar-refractivity contribution is 4.87. The Labute approximate surface area is 105 Å². The number of aryl methyl sites for hydroxylation is 1. The molecular formula is C13H26N4. The van der Waals surface area contributed by atoms with Crippen LogP contribution in [0.3, 0.4) is 0 Å². The molecule has 0 aromatic carbocycles. The minimum atomic E-state index is 0.404. The Morgan fingerprint density at radius 2 is 2.12 bits per heavy atom. The average Bonchev–Trinajstić information content (AvgIpc) is 2.75. The minimum Gasteiger partial charge on any atom is -0.316 e. The molecule has 0 aliphatic rings. The van der Waals surface area contributed by atoms with Gasteiger partial charge in [-0.2, -0.15) is 5.10 Å². The molecule has 0 aliphatic heterocycles. The van der Waals surface area contributed by atoms with Gasteiger partial charge in [-0.15, -0.1) is 0 Å². The van der Waals surface area contributed by atoms with Crippen molar-refractivity contribution in [2.24, 2.45) is 5.92 Å². The van der Waals surface area contributed by atoms with Crippen molar-refractivity contribution in [1.82, 2.24) is 20.1 Å². The SMILES string of the molecule is CCCNCC(C)CCc1ncnn1C(C)C. The summed E-state index contributed by atoms with van der Waals surface area (Å²) < 4.78 is 2.02.